The SMILES string of the molecule is CNc1nc(N(C)C2CCC(C)CC2)cc(C(F)(F)F)n1. The molecule has 0 atom stereocenters. The zero-order valence-corrected chi connectivity index (χ0v) is 12.5. The van der Waals surface area contributed by atoms with Gasteiger partial charge in [0.2, 0.25) is 5.95 Å². The molecule has 1 fully saturated rings. The third kappa shape index (κ3) is 3.77. The maximum atomic E-state index is 12.9. The fourth-order valence-corrected chi connectivity index (χ4v) is 2.69. The summed E-state index contributed by atoms with van der Waals surface area (Å²) >= 11 is 0. The maximum absolute atomic E-state index is 12.9. The quantitative estimate of drug-likeness (QED) is 0.927. The van der Waals surface area contributed by atoms with Crippen molar-refractivity contribution < 1.29 is 13.2 Å². The van der Waals surface area contributed by atoms with Gasteiger partial charge in [0.25, 0.3) is 0 Å². The minimum Gasteiger partial charge on any atom is -0.357 e. The van der Waals surface area contributed by atoms with Crippen molar-refractivity contribution in [3.8, 4) is 0 Å². The van der Waals surface area contributed by atoms with Crippen molar-refractivity contribution in [2.45, 2.75) is 44.8 Å². The van der Waals surface area contributed by atoms with E-state index >= 15 is 0 Å². The summed E-state index contributed by atoms with van der Waals surface area (Å²) in [4.78, 5) is 9.50. The Kier molecular flexibility index (Phi) is 4.58. The average molecular weight is 302 g/mol. The Morgan fingerprint density at radius 3 is 2.33 bits per heavy atom. The van der Waals surface area contributed by atoms with Crippen molar-refractivity contribution in [2.75, 3.05) is 24.3 Å². The lowest BCUT2D eigenvalue weighted by Crippen LogP contribution is -2.35. The van der Waals surface area contributed by atoms with E-state index in [9.17, 15) is 13.2 Å². The van der Waals surface area contributed by atoms with Gasteiger partial charge in [-0.2, -0.15) is 18.2 Å². The number of alkyl halides is 3. The molecule has 0 aromatic carbocycles. The van der Waals surface area contributed by atoms with Crippen LogP contribution in [0.15, 0.2) is 6.07 Å². The van der Waals surface area contributed by atoms with Crippen molar-refractivity contribution in [3.63, 3.8) is 0 Å². The van der Waals surface area contributed by atoms with E-state index in [2.05, 4.69) is 22.2 Å². The van der Waals surface area contributed by atoms with Gasteiger partial charge in [0, 0.05) is 26.2 Å². The van der Waals surface area contributed by atoms with E-state index < -0.39 is 11.9 Å². The molecule has 0 saturated heterocycles. The number of nitrogens with one attached hydrogen (secondary N) is 1. The van der Waals surface area contributed by atoms with E-state index in [1.165, 1.54) is 7.05 Å². The summed E-state index contributed by atoms with van der Waals surface area (Å²) in [6.45, 7) is 2.21. The molecule has 118 valence electrons. The normalized spacial score (nSPS) is 23.0. The number of rotatable bonds is 3. The van der Waals surface area contributed by atoms with Crippen LogP contribution in [0.2, 0.25) is 0 Å². The summed E-state index contributed by atoms with van der Waals surface area (Å²) in [5.41, 5.74) is -0.909. The summed E-state index contributed by atoms with van der Waals surface area (Å²) in [7, 11) is 3.32. The van der Waals surface area contributed by atoms with Crippen LogP contribution in [-0.4, -0.2) is 30.1 Å². The summed E-state index contributed by atoms with van der Waals surface area (Å²) in [5, 5.41) is 2.60. The highest BCUT2D eigenvalue weighted by molar-refractivity contribution is 5.45. The summed E-state index contributed by atoms with van der Waals surface area (Å²) in [6.07, 6.45) is -0.294. The van der Waals surface area contributed by atoms with E-state index in [-0.39, 0.29) is 12.0 Å². The fourth-order valence-electron chi connectivity index (χ4n) is 2.69. The Bertz CT molecular complexity index is 482. The van der Waals surface area contributed by atoms with E-state index in [0.29, 0.717) is 11.7 Å². The number of halogens is 3. The predicted octanol–water partition coefficient (Wildman–Crippen LogP) is 3.55. The molecule has 1 saturated carbocycles. The first-order valence-electron chi connectivity index (χ1n) is 7.18. The topological polar surface area (TPSA) is 41.1 Å². The summed E-state index contributed by atoms with van der Waals surface area (Å²) in [6, 6.07) is 1.26. The largest absolute Gasteiger partial charge is 0.433 e. The van der Waals surface area contributed by atoms with Gasteiger partial charge < -0.3 is 10.2 Å². The Hall–Kier alpha value is -1.53. The standard InChI is InChI=1S/C14H21F3N4/c1-9-4-6-10(7-5-9)21(3)12-8-11(14(15,16)17)19-13(18-2)20-12/h8-10H,4-7H2,1-3H3,(H,18,19,20). The molecule has 1 heterocycles. The second kappa shape index (κ2) is 6.07. The average Bonchev–Trinajstić information content (AvgIpc) is 2.46. The van der Waals surface area contributed by atoms with Gasteiger partial charge >= 0.3 is 6.18 Å². The molecule has 1 aromatic heterocycles. The molecule has 0 aliphatic heterocycles. The lowest BCUT2D eigenvalue weighted by molar-refractivity contribution is -0.141. The van der Waals surface area contributed by atoms with E-state index in [4.69, 9.17) is 0 Å². The first kappa shape index (κ1) is 15.9. The van der Waals surface area contributed by atoms with Crippen molar-refractivity contribution >= 4 is 11.8 Å². The van der Waals surface area contributed by atoms with Gasteiger partial charge in [0.15, 0.2) is 5.69 Å². The lowest BCUT2D eigenvalue weighted by atomic mass is 9.87. The van der Waals surface area contributed by atoms with Gasteiger partial charge in [0.1, 0.15) is 5.82 Å². The molecule has 21 heavy (non-hydrogen) atoms. The molecule has 0 amide bonds. The van der Waals surface area contributed by atoms with Crippen molar-refractivity contribution in [1.29, 1.82) is 0 Å². The number of nitrogens with zero attached hydrogens (tertiary/aromatic N) is 3. The van der Waals surface area contributed by atoms with Crippen LogP contribution in [0.25, 0.3) is 0 Å². The highest BCUT2D eigenvalue weighted by Gasteiger charge is 2.34. The molecule has 0 spiro atoms. The molecule has 0 unspecified atom stereocenters. The Labute approximate surface area is 122 Å². The van der Waals surface area contributed by atoms with Crippen LogP contribution in [0.5, 0.6) is 0 Å². The number of hydrogen-bond acceptors (Lipinski definition) is 4. The van der Waals surface area contributed by atoms with Crippen LogP contribution < -0.4 is 10.2 Å². The Morgan fingerprint density at radius 1 is 1.19 bits per heavy atom. The van der Waals surface area contributed by atoms with Gasteiger partial charge in [-0.3, -0.25) is 0 Å². The van der Waals surface area contributed by atoms with E-state index in [0.717, 1.165) is 31.7 Å². The molecular weight excluding hydrogens is 281 g/mol. The van der Waals surface area contributed by atoms with Crippen LogP contribution in [0.4, 0.5) is 24.9 Å². The monoisotopic (exact) mass is 302 g/mol. The molecule has 1 aromatic rings. The molecular formula is C14H21F3N4. The van der Waals surface area contributed by atoms with Crippen LogP contribution >= 0.6 is 0 Å². The molecule has 1 N–H and O–H groups in total. The maximum Gasteiger partial charge on any atom is 0.433 e. The van der Waals surface area contributed by atoms with E-state index in [1.807, 2.05) is 11.9 Å². The molecule has 2 rings (SSSR count). The third-order valence-electron chi connectivity index (χ3n) is 4.12. The molecule has 0 radical (unpaired) electrons. The smallest absolute Gasteiger partial charge is 0.357 e. The molecule has 7 heteroatoms. The highest BCUT2D eigenvalue weighted by atomic mass is 19.4. The van der Waals surface area contributed by atoms with Crippen LogP contribution in [-0.2, 0) is 6.18 Å². The van der Waals surface area contributed by atoms with Crippen molar-refractivity contribution in [1.82, 2.24) is 9.97 Å². The van der Waals surface area contributed by atoms with Gasteiger partial charge in [-0.25, -0.2) is 4.98 Å². The second-order valence-electron chi connectivity index (χ2n) is 5.71. The number of anilines is 2. The molecule has 4 nitrogen and oxygen atoms in total. The molecule has 0 bridgehead atoms. The zero-order valence-electron chi connectivity index (χ0n) is 12.5. The van der Waals surface area contributed by atoms with Gasteiger partial charge in [-0.1, -0.05) is 6.92 Å². The van der Waals surface area contributed by atoms with Gasteiger partial charge in [-0.05, 0) is 31.6 Å². The Balaban J connectivity index is 2.25. The minimum atomic E-state index is -4.47. The predicted molar refractivity (Wildman–Crippen MR) is 76.4 cm³/mol. The first-order valence-corrected chi connectivity index (χ1v) is 7.18. The van der Waals surface area contributed by atoms with Gasteiger partial charge in [-0.15, -0.1) is 0 Å². The Morgan fingerprint density at radius 2 is 1.81 bits per heavy atom. The van der Waals surface area contributed by atoms with E-state index in [1.54, 1.807) is 0 Å². The second-order valence-corrected chi connectivity index (χ2v) is 5.71. The minimum absolute atomic E-state index is 0.00384. The van der Waals surface area contributed by atoms with Crippen molar-refractivity contribution in [2.24, 2.45) is 5.92 Å². The molecule has 1 aliphatic rings. The lowest BCUT2D eigenvalue weighted by Gasteiger charge is -2.34. The zero-order chi connectivity index (χ0) is 15.6. The number of aromatic nitrogens is 2. The summed E-state index contributed by atoms with van der Waals surface area (Å²) < 4.78 is 38.7. The van der Waals surface area contributed by atoms with Crippen LogP contribution in [0, 0.1) is 5.92 Å². The van der Waals surface area contributed by atoms with Crippen LogP contribution in [0.1, 0.15) is 38.3 Å². The molecule has 1 aliphatic carbocycles. The fraction of sp³-hybridized carbons (Fsp3) is 0.714. The first-order chi connectivity index (χ1) is 9.81. The van der Waals surface area contributed by atoms with Crippen molar-refractivity contribution in [3.05, 3.63) is 11.8 Å². The third-order valence-corrected chi connectivity index (χ3v) is 4.12. The van der Waals surface area contributed by atoms with Gasteiger partial charge in [0.05, 0.1) is 0 Å². The highest BCUT2D eigenvalue weighted by Crippen LogP contribution is 2.33. The number of hydrogen-bond donors (Lipinski definition) is 1. The van der Waals surface area contributed by atoms with Crippen LogP contribution in [0.3, 0.4) is 0 Å². The summed E-state index contributed by atoms with van der Waals surface area (Å²) in [5.74, 6) is 1.01.